The van der Waals surface area contributed by atoms with Crippen LogP contribution in [0.4, 0.5) is 0 Å². The smallest absolute Gasteiger partial charge is 0.225 e. The second-order valence-electron chi connectivity index (χ2n) is 6.84. The van der Waals surface area contributed by atoms with Gasteiger partial charge >= 0.3 is 0 Å². The molecule has 0 aliphatic carbocycles. The lowest BCUT2D eigenvalue weighted by atomic mass is 9.91. The van der Waals surface area contributed by atoms with Crippen molar-refractivity contribution in [3.05, 3.63) is 83.4 Å². The van der Waals surface area contributed by atoms with Crippen molar-refractivity contribution in [3.8, 4) is 0 Å². The maximum atomic E-state index is 12.5. The van der Waals surface area contributed by atoms with Gasteiger partial charge in [0.25, 0.3) is 0 Å². The molecule has 0 heterocycles. The Morgan fingerprint density at radius 2 is 1.58 bits per heavy atom. The molecule has 0 radical (unpaired) electrons. The minimum absolute atomic E-state index is 0.0439. The van der Waals surface area contributed by atoms with E-state index < -0.39 is 5.54 Å². The second kappa shape index (κ2) is 6.48. The van der Waals surface area contributed by atoms with Crippen molar-refractivity contribution in [1.82, 2.24) is 5.32 Å². The summed E-state index contributed by atoms with van der Waals surface area (Å²) < 4.78 is 0. The van der Waals surface area contributed by atoms with Gasteiger partial charge < -0.3 is 5.32 Å². The van der Waals surface area contributed by atoms with E-state index in [1.807, 2.05) is 57.2 Å². The Bertz CT molecular complexity index is 880. The molecule has 0 aliphatic heterocycles. The zero-order valence-corrected chi connectivity index (χ0v) is 14.5. The Kier molecular flexibility index (Phi) is 4.39. The molecule has 24 heavy (non-hydrogen) atoms. The summed E-state index contributed by atoms with van der Waals surface area (Å²) in [5.41, 5.74) is 2.92. The van der Waals surface area contributed by atoms with Gasteiger partial charge in [0.1, 0.15) is 0 Å². The van der Waals surface area contributed by atoms with Gasteiger partial charge in [0.05, 0.1) is 12.0 Å². The van der Waals surface area contributed by atoms with E-state index >= 15 is 0 Å². The van der Waals surface area contributed by atoms with Crippen LogP contribution in [0.5, 0.6) is 0 Å². The highest BCUT2D eigenvalue weighted by Gasteiger charge is 2.23. The van der Waals surface area contributed by atoms with Gasteiger partial charge in [-0.2, -0.15) is 0 Å². The Hall–Kier alpha value is -2.61. The molecule has 1 amide bonds. The first-order valence-electron chi connectivity index (χ1n) is 8.30. The summed E-state index contributed by atoms with van der Waals surface area (Å²) in [5.74, 6) is 0.0439. The third-order valence-corrected chi connectivity index (χ3v) is 4.54. The van der Waals surface area contributed by atoms with E-state index in [1.54, 1.807) is 0 Å². The van der Waals surface area contributed by atoms with Crippen molar-refractivity contribution in [1.29, 1.82) is 0 Å². The van der Waals surface area contributed by atoms with Crippen LogP contribution in [-0.4, -0.2) is 5.91 Å². The molecule has 0 saturated heterocycles. The predicted molar refractivity (Wildman–Crippen MR) is 100.0 cm³/mol. The Morgan fingerprint density at radius 3 is 2.33 bits per heavy atom. The fourth-order valence-electron chi connectivity index (χ4n) is 3.02. The van der Waals surface area contributed by atoms with Crippen LogP contribution in [0.2, 0.25) is 0 Å². The first-order valence-corrected chi connectivity index (χ1v) is 8.30. The van der Waals surface area contributed by atoms with Gasteiger partial charge in [-0.3, -0.25) is 4.79 Å². The number of carbonyl (C=O) groups is 1. The van der Waals surface area contributed by atoms with Gasteiger partial charge in [0, 0.05) is 0 Å². The fraction of sp³-hybridized carbons (Fsp3) is 0.227. The van der Waals surface area contributed by atoms with Crippen molar-refractivity contribution in [2.45, 2.75) is 32.7 Å². The molecule has 0 unspecified atom stereocenters. The molecule has 0 atom stereocenters. The van der Waals surface area contributed by atoms with Crippen molar-refractivity contribution in [3.63, 3.8) is 0 Å². The van der Waals surface area contributed by atoms with Crippen molar-refractivity contribution in [2.24, 2.45) is 0 Å². The topological polar surface area (TPSA) is 29.1 Å². The number of carbonyl (C=O) groups excluding carboxylic acids is 1. The molecular weight excluding hydrogens is 294 g/mol. The summed E-state index contributed by atoms with van der Waals surface area (Å²) >= 11 is 0. The van der Waals surface area contributed by atoms with Crippen LogP contribution in [-0.2, 0) is 16.8 Å². The van der Waals surface area contributed by atoms with Gasteiger partial charge in [0.15, 0.2) is 0 Å². The van der Waals surface area contributed by atoms with E-state index in [-0.39, 0.29) is 5.91 Å². The Labute approximate surface area is 143 Å². The number of fused-ring (bicyclic) bond motifs is 1. The zero-order valence-electron chi connectivity index (χ0n) is 14.5. The third kappa shape index (κ3) is 3.48. The SMILES string of the molecule is Cc1ccccc1CC(=O)NC(C)(C)c1ccc2ccccc2c1. The average Bonchev–Trinajstić information content (AvgIpc) is 2.56. The third-order valence-electron chi connectivity index (χ3n) is 4.54. The van der Waals surface area contributed by atoms with Crippen LogP contribution >= 0.6 is 0 Å². The van der Waals surface area contributed by atoms with Crippen LogP contribution in [0.3, 0.4) is 0 Å². The first kappa shape index (κ1) is 16.3. The zero-order chi connectivity index (χ0) is 17.2. The number of hydrogen-bond acceptors (Lipinski definition) is 1. The highest BCUT2D eigenvalue weighted by Crippen LogP contribution is 2.25. The highest BCUT2D eigenvalue weighted by molar-refractivity contribution is 5.84. The van der Waals surface area contributed by atoms with E-state index in [0.717, 1.165) is 16.7 Å². The normalized spacial score (nSPS) is 11.5. The molecule has 0 aromatic heterocycles. The largest absolute Gasteiger partial charge is 0.347 e. The molecule has 0 spiro atoms. The molecule has 3 rings (SSSR count). The number of nitrogens with one attached hydrogen (secondary N) is 1. The number of hydrogen-bond donors (Lipinski definition) is 1. The molecule has 0 bridgehead atoms. The molecule has 122 valence electrons. The standard InChI is InChI=1S/C22H23NO/c1-16-8-4-5-10-18(16)15-21(24)23-22(2,3)20-13-12-17-9-6-7-11-19(17)14-20/h4-14H,15H2,1-3H3,(H,23,24). The maximum absolute atomic E-state index is 12.5. The average molecular weight is 317 g/mol. The number of amides is 1. The van der Waals surface area contributed by atoms with Crippen LogP contribution in [0.15, 0.2) is 66.7 Å². The van der Waals surface area contributed by atoms with E-state index in [2.05, 4.69) is 35.6 Å². The summed E-state index contributed by atoms with van der Waals surface area (Å²) in [4.78, 5) is 12.5. The van der Waals surface area contributed by atoms with Gasteiger partial charge in [-0.05, 0) is 54.3 Å². The number of benzene rings is 3. The minimum Gasteiger partial charge on any atom is -0.347 e. The lowest BCUT2D eigenvalue weighted by Crippen LogP contribution is -2.41. The van der Waals surface area contributed by atoms with Crippen molar-refractivity contribution in [2.75, 3.05) is 0 Å². The fourth-order valence-corrected chi connectivity index (χ4v) is 3.02. The lowest BCUT2D eigenvalue weighted by molar-refractivity contribution is -0.122. The number of rotatable bonds is 4. The summed E-state index contributed by atoms with van der Waals surface area (Å²) in [7, 11) is 0. The summed E-state index contributed by atoms with van der Waals surface area (Å²) in [6, 6.07) is 22.7. The minimum atomic E-state index is -0.413. The monoisotopic (exact) mass is 317 g/mol. The Morgan fingerprint density at radius 1 is 0.917 bits per heavy atom. The van der Waals surface area contributed by atoms with E-state index in [9.17, 15) is 4.79 Å². The first-order chi connectivity index (χ1) is 11.5. The van der Waals surface area contributed by atoms with Gasteiger partial charge in [-0.25, -0.2) is 0 Å². The van der Waals surface area contributed by atoms with Gasteiger partial charge in [-0.15, -0.1) is 0 Å². The van der Waals surface area contributed by atoms with Crippen LogP contribution in [0.1, 0.15) is 30.5 Å². The summed E-state index contributed by atoms with van der Waals surface area (Å²) in [5, 5.41) is 5.58. The van der Waals surface area contributed by atoms with E-state index in [0.29, 0.717) is 6.42 Å². The molecular formula is C22H23NO. The molecule has 0 saturated carbocycles. The predicted octanol–water partition coefficient (Wildman–Crippen LogP) is 4.74. The second-order valence-corrected chi connectivity index (χ2v) is 6.84. The molecule has 3 aromatic carbocycles. The molecule has 0 aliphatic rings. The van der Waals surface area contributed by atoms with Crippen LogP contribution in [0.25, 0.3) is 10.8 Å². The quantitative estimate of drug-likeness (QED) is 0.739. The highest BCUT2D eigenvalue weighted by atomic mass is 16.1. The van der Waals surface area contributed by atoms with Gasteiger partial charge in [0.2, 0.25) is 5.91 Å². The summed E-state index contributed by atoms with van der Waals surface area (Å²) in [6.07, 6.45) is 0.406. The van der Waals surface area contributed by atoms with Crippen LogP contribution < -0.4 is 5.32 Å². The number of aryl methyl sites for hydroxylation is 1. The Balaban J connectivity index is 1.79. The molecule has 2 heteroatoms. The van der Waals surface area contributed by atoms with Crippen LogP contribution in [0, 0.1) is 6.92 Å². The van der Waals surface area contributed by atoms with Crippen molar-refractivity contribution >= 4 is 16.7 Å². The molecule has 1 N–H and O–H groups in total. The summed E-state index contributed by atoms with van der Waals surface area (Å²) in [6.45, 7) is 6.14. The maximum Gasteiger partial charge on any atom is 0.225 e. The van der Waals surface area contributed by atoms with Crippen molar-refractivity contribution < 1.29 is 4.79 Å². The lowest BCUT2D eigenvalue weighted by Gasteiger charge is -2.27. The van der Waals surface area contributed by atoms with E-state index in [4.69, 9.17) is 0 Å². The van der Waals surface area contributed by atoms with E-state index in [1.165, 1.54) is 10.8 Å². The molecule has 0 fully saturated rings. The van der Waals surface area contributed by atoms with Gasteiger partial charge in [-0.1, -0.05) is 60.7 Å². The molecule has 3 aromatic rings. The molecule has 2 nitrogen and oxygen atoms in total.